The lowest BCUT2D eigenvalue weighted by atomic mass is 9.99. The van der Waals surface area contributed by atoms with Crippen LogP contribution in [0.4, 0.5) is 0 Å². The van der Waals surface area contributed by atoms with Crippen molar-refractivity contribution in [2.45, 2.75) is 19.9 Å². The molecule has 2 N–H and O–H groups in total. The third kappa shape index (κ3) is 3.91. The maximum Gasteiger partial charge on any atom is 0.129 e. The van der Waals surface area contributed by atoms with Gasteiger partial charge in [0.2, 0.25) is 0 Å². The maximum absolute atomic E-state index is 9.88. The van der Waals surface area contributed by atoms with Gasteiger partial charge in [-0.25, -0.2) is 0 Å². The Kier molecular flexibility index (Phi) is 5.41. The van der Waals surface area contributed by atoms with Crippen LogP contribution in [-0.4, -0.2) is 20.0 Å². The Bertz CT molecular complexity index is 1140. The van der Waals surface area contributed by atoms with Crippen molar-refractivity contribution in [2.75, 3.05) is 0 Å². The molecule has 146 valence electrons. The van der Waals surface area contributed by atoms with E-state index in [4.69, 9.17) is 5.10 Å². The van der Waals surface area contributed by atoms with E-state index in [-0.39, 0.29) is 11.5 Å². The number of phenols is 2. The Balaban J connectivity index is 1.91. The van der Waals surface area contributed by atoms with Gasteiger partial charge in [-0.1, -0.05) is 37.3 Å². The molecule has 5 heteroatoms. The molecule has 0 aliphatic heterocycles. The fraction of sp³-hybridized carbons (Fsp3) is 0.125. The van der Waals surface area contributed by atoms with Crippen molar-refractivity contribution in [3.05, 3.63) is 88.4 Å². The first kappa shape index (κ1) is 19.3. The minimum atomic E-state index is 0.203. The van der Waals surface area contributed by atoms with Crippen LogP contribution < -0.4 is 0 Å². The highest BCUT2D eigenvalue weighted by molar-refractivity contribution is 9.10. The largest absolute Gasteiger partial charge is 0.508 e. The molecule has 0 aliphatic rings. The van der Waals surface area contributed by atoms with Crippen molar-refractivity contribution in [2.24, 2.45) is 0 Å². The lowest BCUT2D eigenvalue weighted by Gasteiger charge is -2.10. The molecule has 0 aliphatic carbocycles. The van der Waals surface area contributed by atoms with Crippen LogP contribution in [0.25, 0.3) is 22.5 Å². The van der Waals surface area contributed by atoms with Gasteiger partial charge in [0.1, 0.15) is 11.5 Å². The van der Waals surface area contributed by atoms with E-state index in [1.54, 1.807) is 18.2 Å². The van der Waals surface area contributed by atoms with E-state index < -0.39 is 0 Å². The van der Waals surface area contributed by atoms with Gasteiger partial charge in [0.25, 0.3) is 0 Å². The molecule has 0 fully saturated rings. The Morgan fingerprint density at radius 2 is 1.59 bits per heavy atom. The zero-order chi connectivity index (χ0) is 20.4. The van der Waals surface area contributed by atoms with Crippen molar-refractivity contribution in [3.8, 4) is 34.0 Å². The van der Waals surface area contributed by atoms with E-state index in [1.807, 2.05) is 47.1 Å². The van der Waals surface area contributed by atoms with Crippen molar-refractivity contribution in [1.82, 2.24) is 9.78 Å². The molecule has 0 bridgehead atoms. The van der Waals surface area contributed by atoms with Crippen LogP contribution in [0, 0.1) is 0 Å². The van der Waals surface area contributed by atoms with Crippen LogP contribution in [0.1, 0.15) is 18.1 Å². The molecule has 4 rings (SSSR count). The zero-order valence-electron chi connectivity index (χ0n) is 16.0. The average molecular weight is 449 g/mol. The highest BCUT2D eigenvalue weighted by Crippen LogP contribution is 2.36. The number of phenolic OH excluding ortho intramolecular Hbond substituents is 2. The Hall–Kier alpha value is -3.05. The second-order valence-corrected chi connectivity index (χ2v) is 7.74. The monoisotopic (exact) mass is 448 g/mol. The molecule has 4 aromatic rings. The summed E-state index contributed by atoms with van der Waals surface area (Å²) in [6.45, 7) is 2.76. The van der Waals surface area contributed by atoms with Gasteiger partial charge in [-0.15, -0.1) is 0 Å². The lowest BCUT2D eigenvalue weighted by molar-refractivity contribution is 0.472. The summed E-state index contributed by atoms with van der Waals surface area (Å²) in [7, 11) is 0. The van der Waals surface area contributed by atoms with Crippen LogP contribution in [0.2, 0.25) is 0 Å². The van der Waals surface area contributed by atoms with E-state index in [0.717, 1.165) is 40.1 Å². The number of benzene rings is 3. The minimum Gasteiger partial charge on any atom is -0.508 e. The first-order valence-corrected chi connectivity index (χ1v) is 10.3. The Morgan fingerprint density at radius 1 is 0.897 bits per heavy atom. The van der Waals surface area contributed by atoms with Crippen LogP contribution in [-0.2, 0) is 13.0 Å². The zero-order valence-corrected chi connectivity index (χ0v) is 17.6. The quantitative estimate of drug-likeness (QED) is 0.393. The third-order valence-corrected chi connectivity index (χ3v) is 5.58. The van der Waals surface area contributed by atoms with Gasteiger partial charge < -0.3 is 10.2 Å². The van der Waals surface area contributed by atoms with Crippen molar-refractivity contribution in [3.63, 3.8) is 0 Å². The second-order valence-electron chi connectivity index (χ2n) is 6.89. The van der Waals surface area contributed by atoms with Crippen molar-refractivity contribution < 1.29 is 10.2 Å². The number of rotatable bonds is 5. The van der Waals surface area contributed by atoms with Crippen LogP contribution in [0.5, 0.6) is 11.5 Å². The van der Waals surface area contributed by atoms with E-state index in [2.05, 4.69) is 35.0 Å². The number of aromatic hydroxyl groups is 2. The van der Waals surface area contributed by atoms with Gasteiger partial charge in [0.15, 0.2) is 0 Å². The fourth-order valence-corrected chi connectivity index (χ4v) is 3.91. The predicted molar refractivity (Wildman–Crippen MR) is 119 cm³/mol. The summed E-state index contributed by atoms with van der Waals surface area (Å²) in [6, 6.07) is 22.9. The summed E-state index contributed by atoms with van der Waals surface area (Å²) < 4.78 is 2.66. The van der Waals surface area contributed by atoms with Gasteiger partial charge >= 0.3 is 0 Å². The van der Waals surface area contributed by atoms with E-state index >= 15 is 0 Å². The first-order chi connectivity index (χ1) is 14.1. The smallest absolute Gasteiger partial charge is 0.129 e. The number of hydrogen-bond donors (Lipinski definition) is 2. The average Bonchev–Trinajstić information content (AvgIpc) is 3.09. The minimum absolute atomic E-state index is 0.203. The van der Waals surface area contributed by atoms with Crippen molar-refractivity contribution in [1.29, 1.82) is 0 Å². The molecule has 4 nitrogen and oxygen atoms in total. The molecule has 0 saturated carbocycles. The highest BCUT2D eigenvalue weighted by Gasteiger charge is 2.20. The van der Waals surface area contributed by atoms with Gasteiger partial charge in [-0.3, -0.25) is 4.68 Å². The van der Waals surface area contributed by atoms with E-state index in [0.29, 0.717) is 11.0 Å². The molecule has 0 spiro atoms. The van der Waals surface area contributed by atoms with Crippen LogP contribution >= 0.6 is 15.9 Å². The molecule has 1 aromatic heterocycles. The molecule has 1 heterocycles. The summed E-state index contributed by atoms with van der Waals surface area (Å²) in [5, 5.41) is 24.6. The molecule has 3 aromatic carbocycles. The molecule has 0 atom stereocenters. The van der Waals surface area contributed by atoms with Crippen molar-refractivity contribution >= 4 is 15.9 Å². The molecule has 0 radical (unpaired) electrons. The molecule has 29 heavy (non-hydrogen) atoms. The second kappa shape index (κ2) is 8.13. The number of hydrogen-bond acceptors (Lipinski definition) is 3. The summed E-state index contributed by atoms with van der Waals surface area (Å²) in [6.07, 6.45) is 0.804. The lowest BCUT2D eigenvalue weighted by Crippen LogP contribution is -2.04. The summed E-state index contributed by atoms with van der Waals surface area (Å²) in [5.74, 6) is 0.442. The molecule has 0 amide bonds. The SMILES string of the molecule is CCc1c(-c2ccc(O)c(Br)c2)nn(Cc2ccccc2)c1-c1ccc(O)cc1. The summed E-state index contributed by atoms with van der Waals surface area (Å²) in [5.41, 5.74) is 6.17. The molecular weight excluding hydrogens is 428 g/mol. The number of aromatic nitrogens is 2. The maximum atomic E-state index is 9.88. The normalized spacial score (nSPS) is 11.0. The molecular formula is C24H21BrN2O2. The summed E-state index contributed by atoms with van der Waals surface area (Å²) >= 11 is 3.41. The fourth-order valence-electron chi connectivity index (χ4n) is 3.53. The van der Waals surface area contributed by atoms with Crippen LogP contribution in [0.15, 0.2) is 77.3 Å². The number of halogens is 1. The van der Waals surface area contributed by atoms with Gasteiger partial charge in [0, 0.05) is 16.7 Å². The van der Waals surface area contributed by atoms with Gasteiger partial charge in [-0.2, -0.15) is 5.10 Å². The topological polar surface area (TPSA) is 58.3 Å². The standard InChI is InChI=1S/C24H21BrN2O2/c1-2-20-23(18-10-13-22(29)21(25)14-18)26-27(15-16-6-4-3-5-7-16)24(20)17-8-11-19(28)12-9-17/h3-14,28-29H,2,15H2,1H3. The Morgan fingerprint density at radius 3 is 2.24 bits per heavy atom. The third-order valence-electron chi connectivity index (χ3n) is 4.94. The van der Waals surface area contributed by atoms with Gasteiger partial charge in [0.05, 0.1) is 22.4 Å². The van der Waals surface area contributed by atoms with E-state index in [9.17, 15) is 10.2 Å². The molecule has 0 unspecified atom stereocenters. The Labute approximate surface area is 178 Å². The van der Waals surface area contributed by atoms with Crippen LogP contribution in [0.3, 0.4) is 0 Å². The predicted octanol–water partition coefficient (Wildman–Crippen LogP) is 6.00. The van der Waals surface area contributed by atoms with Gasteiger partial charge in [-0.05, 0) is 70.4 Å². The number of nitrogens with zero attached hydrogens (tertiary/aromatic N) is 2. The van der Waals surface area contributed by atoms with E-state index in [1.165, 1.54) is 0 Å². The summed E-state index contributed by atoms with van der Waals surface area (Å²) in [4.78, 5) is 0. The highest BCUT2D eigenvalue weighted by atomic mass is 79.9. The first-order valence-electron chi connectivity index (χ1n) is 9.48. The molecule has 0 saturated heterocycles.